The van der Waals surface area contributed by atoms with Gasteiger partial charge in [-0.25, -0.2) is 4.68 Å². The molecule has 4 nitrogen and oxygen atoms in total. The summed E-state index contributed by atoms with van der Waals surface area (Å²) in [6.07, 6.45) is 0. The van der Waals surface area contributed by atoms with E-state index in [1.54, 1.807) is 6.92 Å². The zero-order valence-corrected chi connectivity index (χ0v) is 7.72. The molecule has 0 bridgehead atoms. The van der Waals surface area contributed by atoms with Crippen LogP contribution in [0.15, 0.2) is 0 Å². The summed E-state index contributed by atoms with van der Waals surface area (Å²) in [4.78, 5) is 10.3. The van der Waals surface area contributed by atoms with Crippen molar-refractivity contribution in [3.8, 4) is 0 Å². The molecule has 0 aliphatic carbocycles. The number of aliphatic carboxylic acids is 1. The summed E-state index contributed by atoms with van der Waals surface area (Å²) in [6.45, 7) is 1.39. The maximum Gasteiger partial charge on any atom is 0.325 e. The average molecular weight is 209 g/mol. The van der Waals surface area contributed by atoms with Crippen LogP contribution in [0.2, 0.25) is 10.2 Å². The van der Waals surface area contributed by atoms with E-state index in [9.17, 15) is 4.79 Å². The monoisotopic (exact) mass is 208 g/mol. The third-order valence-corrected chi connectivity index (χ3v) is 2.21. The fourth-order valence-electron chi connectivity index (χ4n) is 0.764. The summed E-state index contributed by atoms with van der Waals surface area (Å²) in [5.74, 6) is -1.00. The van der Waals surface area contributed by atoms with E-state index in [4.69, 9.17) is 28.3 Å². The fraction of sp³-hybridized carbons (Fsp3) is 0.333. The fourth-order valence-corrected chi connectivity index (χ4v) is 1.13. The van der Waals surface area contributed by atoms with Gasteiger partial charge in [-0.2, -0.15) is 5.10 Å². The maximum absolute atomic E-state index is 10.3. The molecule has 0 fully saturated rings. The van der Waals surface area contributed by atoms with Gasteiger partial charge >= 0.3 is 5.97 Å². The molecule has 12 heavy (non-hydrogen) atoms. The molecule has 0 aliphatic heterocycles. The van der Waals surface area contributed by atoms with Gasteiger partial charge < -0.3 is 5.11 Å². The van der Waals surface area contributed by atoms with Gasteiger partial charge in [0.05, 0.1) is 5.69 Å². The molecule has 0 unspecified atom stereocenters. The molecule has 0 saturated carbocycles. The maximum atomic E-state index is 10.3. The van der Waals surface area contributed by atoms with Crippen molar-refractivity contribution >= 4 is 29.2 Å². The average Bonchev–Trinajstić information content (AvgIpc) is 2.17. The number of hydrogen-bond acceptors (Lipinski definition) is 2. The van der Waals surface area contributed by atoms with Gasteiger partial charge in [-0.05, 0) is 6.92 Å². The lowest BCUT2D eigenvalue weighted by molar-refractivity contribution is -0.137. The van der Waals surface area contributed by atoms with Crippen LogP contribution in [0.25, 0.3) is 0 Å². The number of carboxylic acids is 1. The van der Waals surface area contributed by atoms with Crippen molar-refractivity contribution in [2.75, 3.05) is 0 Å². The molecule has 1 aromatic heterocycles. The second kappa shape index (κ2) is 3.33. The Morgan fingerprint density at radius 2 is 2.25 bits per heavy atom. The lowest BCUT2D eigenvalue weighted by Crippen LogP contribution is -2.10. The molecule has 1 aromatic rings. The van der Waals surface area contributed by atoms with E-state index < -0.39 is 5.97 Å². The van der Waals surface area contributed by atoms with Crippen LogP contribution >= 0.6 is 23.2 Å². The Hall–Kier alpha value is -0.740. The van der Waals surface area contributed by atoms with Crippen LogP contribution < -0.4 is 0 Å². The Labute approximate surface area is 78.7 Å². The first-order chi connectivity index (χ1) is 5.52. The predicted molar refractivity (Wildman–Crippen MR) is 44.6 cm³/mol. The van der Waals surface area contributed by atoms with Crippen LogP contribution in [0.4, 0.5) is 0 Å². The molecule has 0 radical (unpaired) electrons. The highest BCUT2D eigenvalue weighted by atomic mass is 35.5. The zero-order chi connectivity index (χ0) is 9.30. The first-order valence-corrected chi connectivity index (χ1v) is 3.88. The highest BCUT2D eigenvalue weighted by molar-refractivity contribution is 6.41. The molecule has 0 saturated heterocycles. The van der Waals surface area contributed by atoms with E-state index in [2.05, 4.69) is 5.10 Å². The molecule has 0 aliphatic rings. The van der Waals surface area contributed by atoms with Gasteiger partial charge in [-0.3, -0.25) is 4.79 Å². The second-order valence-corrected chi connectivity index (χ2v) is 2.98. The van der Waals surface area contributed by atoms with Gasteiger partial charge in [0.15, 0.2) is 0 Å². The molecule has 1 rings (SSSR count). The van der Waals surface area contributed by atoms with Crippen molar-refractivity contribution in [1.29, 1.82) is 0 Å². The molecule has 0 amide bonds. The Bertz CT molecular complexity index is 322. The van der Waals surface area contributed by atoms with Crippen molar-refractivity contribution in [2.45, 2.75) is 13.5 Å². The smallest absolute Gasteiger partial charge is 0.325 e. The molecule has 1 heterocycles. The Morgan fingerprint density at radius 1 is 1.67 bits per heavy atom. The van der Waals surface area contributed by atoms with Crippen LogP contribution in [0.1, 0.15) is 5.69 Å². The standard InChI is InChI=1S/C6H6Cl2N2O2/c1-3-5(7)6(8)10(9-3)2-4(11)12/h2H2,1H3,(H,11,12). The summed E-state index contributed by atoms with van der Waals surface area (Å²) in [5.41, 5.74) is 0.530. The highest BCUT2D eigenvalue weighted by Gasteiger charge is 2.12. The van der Waals surface area contributed by atoms with Gasteiger partial charge in [-0.1, -0.05) is 23.2 Å². The lowest BCUT2D eigenvalue weighted by Gasteiger charge is -1.96. The Balaban J connectivity index is 3.01. The molecule has 0 spiro atoms. The van der Waals surface area contributed by atoms with E-state index in [1.165, 1.54) is 0 Å². The van der Waals surface area contributed by atoms with E-state index in [-0.39, 0.29) is 11.7 Å². The molecular weight excluding hydrogens is 203 g/mol. The number of carboxylic acid groups (broad SMARTS) is 1. The minimum absolute atomic E-state index is 0.163. The van der Waals surface area contributed by atoms with Crippen molar-refractivity contribution in [2.24, 2.45) is 0 Å². The van der Waals surface area contributed by atoms with Crippen molar-refractivity contribution in [3.05, 3.63) is 15.9 Å². The van der Waals surface area contributed by atoms with E-state index >= 15 is 0 Å². The SMILES string of the molecule is Cc1nn(CC(=O)O)c(Cl)c1Cl. The summed E-state index contributed by atoms with van der Waals surface area (Å²) < 4.78 is 1.14. The van der Waals surface area contributed by atoms with Gasteiger partial charge in [0.1, 0.15) is 16.7 Å². The van der Waals surface area contributed by atoms with Gasteiger partial charge in [0.2, 0.25) is 0 Å². The number of aryl methyl sites for hydroxylation is 1. The topological polar surface area (TPSA) is 55.1 Å². The van der Waals surface area contributed by atoms with Gasteiger partial charge in [0.25, 0.3) is 0 Å². The molecular formula is C6H6Cl2N2O2. The number of halogens is 2. The minimum Gasteiger partial charge on any atom is -0.480 e. The van der Waals surface area contributed by atoms with Crippen LogP contribution in [0.3, 0.4) is 0 Å². The number of hydrogen-bond donors (Lipinski definition) is 1. The Morgan fingerprint density at radius 3 is 2.58 bits per heavy atom. The lowest BCUT2D eigenvalue weighted by atomic mass is 10.5. The third-order valence-electron chi connectivity index (χ3n) is 1.28. The number of rotatable bonds is 2. The predicted octanol–water partition coefficient (Wildman–Crippen LogP) is 1.58. The molecule has 66 valence electrons. The van der Waals surface area contributed by atoms with Crippen LogP contribution in [-0.4, -0.2) is 20.9 Å². The number of carbonyl (C=O) groups is 1. The number of aromatic nitrogens is 2. The van der Waals surface area contributed by atoms with Crippen LogP contribution in [0, 0.1) is 6.92 Å². The molecule has 0 atom stereocenters. The summed E-state index contributed by atoms with van der Waals surface area (Å²) >= 11 is 11.3. The zero-order valence-electron chi connectivity index (χ0n) is 6.21. The largest absolute Gasteiger partial charge is 0.480 e. The first-order valence-electron chi connectivity index (χ1n) is 3.12. The third kappa shape index (κ3) is 1.70. The molecule has 6 heteroatoms. The summed E-state index contributed by atoms with van der Waals surface area (Å²) in [6, 6.07) is 0. The summed E-state index contributed by atoms with van der Waals surface area (Å²) in [5, 5.41) is 12.7. The quantitative estimate of drug-likeness (QED) is 0.804. The van der Waals surface area contributed by atoms with Crippen LogP contribution in [-0.2, 0) is 11.3 Å². The molecule has 0 aromatic carbocycles. The van der Waals surface area contributed by atoms with Crippen LogP contribution in [0.5, 0.6) is 0 Å². The highest BCUT2D eigenvalue weighted by Crippen LogP contribution is 2.24. The van der Waals surface area contributed by atoms with E-state index in [0.717, 1.165) is 4.68 Å². The van der Waals surface area contributed by atoms with Gasteiger partial charge in [-0.15, -0.1) is 0 Å². The van der Waals surface area contributed by atoms with Crippen molar-refractivity contribution < 1.29 is 9.90 Å². The second-order valence-electron chi connectivity index (χ2n) is 2.24. The van der Waals surface area contributed by atoms with Gasteiger partial charge in [0, 0.05) is 0 Å². The Kier molecular flexibility index (Phi) is 2.59. The summed E-state index contributed by atoms with van der Waals surface area (Å²) in [7, 11) is 0. The van der Waals surface area contributed by atoms with Crippen molar-refractivity contribution in [1.82, 2.24) is 9.78 Å². The van der Waals surface area contributed by atoms with Crippen molar-refractivity contribution in [3.63, 3.8) is 0 Å². The normalized spacial score (nSPS) is 10.2. The minimum atomic E-state index is -1.00. The number of nitrogens with zero attached hydrogens (tertiary/aromatic N) is 2. The van der Waals surface area contributed by atoms with E-state index in [1.807, 2.05) is 0 Å². The molecule has 1 N–H and O–H groups in total. The first kappa shape index (κ1) is 9.35. The van der Waals surface area contributed by atoms with E-state index in [0.29, 0.717) is 10.7 Å².